The maximum absolute atomic E-state index is 12.6. The molecule has 1 aliphatic carbocycles. The fraction of sp³-hybridized carbons (Fsp3) is 0.381. The third-order valence-electron chi connectivity index (χ3n) is 5.09. The molecule has 124 valence electrons. The van der Waals surface area contributed by atoms with E-state index in [1.807, 2.05) is 29.2 Å². The van der Waals surface area contributed by atoms with Gasteiger partial charge in [-0.25, -0.2) is 0 Å². The van der Waals surface area contributed by atoms with E-state index in [1.54, 1.807) is 0 Å². The molecule has 0 aromatic heterocycles. The van der Waals surface area contributed by atoms with Gasteiger partial charge in [0.05, 0.1) is 0 Å². The normalized spacial score (nSPS) is 16.2. The average Bonchev–Trinajstić information content (AvgIpc) is 2.65. The Kier molecular flexibility index (Phi) is 4.24. The summed E-state index contributed by atoms with van der Waals surface area (Å²) < 4.78 is 5.81. The standard InChI is InChI=1S/C21H23NO2/c23-21(22-13-5-9-17-7-3-4-10-20(17)22)15-24-19-12-11-16-6-1-2-8-18(16)14-19/h3-4,7,10-12,14H,1-2,5-6,8-9,13,15H2. The summed E-state index contributed by atoms with van der Waals surface area (Å²) in [5, 5.41) is 0. The highest BCUT2D eigenvalue weighted by atomic mass is 16.5. The maximum atomic E-state index is 12.6. The minimum atomic E-state index is 0.0415. The van der Waals surface area contributed by atoms with E-state index in [0.717, 1.165) is 37.2 Å². The molecule has 0 N–H and O–H groups in total. The fourth-order valence-corrected chi connectivity index (χ4v) is 3.82. The maximum Gasteiger partial charge on any atom is 0.264 e. The van der Waals surface area contributed by atoms with E-state index in [-0.39, 0.29) is 12.5 Å². The third kappa shape index (κ3) is 3.03. The van der Waals surface area contributed by atoms with E-state index in [9.17, 15) is 4.79 Å². The summed E-state index contributed by atoms with van der Waals surface area (Å²) >= 11 is 0. The fourth-order valence-electron chi connectivity index (χ4n) is 3.82. The van der Waals surface area contributed by atoms with Gasteiger partial charge in [-0.2, -0.15) is 0 Å². The summed E-state index contributed by atoms with van der Waals surface area (Å²) in [7, 11) is 0. The highest BCUT2D eigenvalue weighted by Crippen LogP contribution is 2.28. The smallest absolute Gasteiger partial charge is 0.264 e. The first-order chi connectivity index (χ1) is 11.8. The molecular formula is C21H23NO2. The molecule has 0 saturated heterocycles. The molecule has 2 aromatic carbocycles. The quantitative estimate of drug-likeness (QED) is 0.857. The van der Waals surface area contributed by atoms with Crippen molar-refractivity contribution in [2.75, 3.05) is 18.1 Å². The van der Waals surface area contributed by atoms with Gasteiger partial charge in [-0.1, -0.05) is 24.3 Å². The Morgan fingerprint density at radius 3 is 2.62 bits per heavy atom. The number of benzene rings is 2. The number of amides is 1. The zero-order valence-electron chi connectivity index (χ0n) is 14.0. The minimum absolute atomic E-state index is 0.0415. The first-order valence-corrected chi connectivity index (χ1v) is 8.94. The molecule has 0 saturated carbocycles. The first-order valence-electron chi connectivity index (χ1n) is 8.94. The van der Waals surface area contributed by atoms with Gasteiger partial charge >= 0.3 is 0 Å². The van der Waals surface area contributed by atoms with E-state index < -0.39 is 0 Å². The third-order valence-corrected chi connectivity index (χ3v) is 5.09. The molecule has 0 bridgehead atoms. The van der Waals surface area contributed by atoms with Crippen LogP contribution in [-0.4, -0.2) is 19.1 Å². The number of carbonyl (C=O) groups excluding carboxylic acids is 1. The van der Waals surface area contributed by atoms with Crippen molar-refractivity contribution in [2.24, 2.45) is 0 Å². The Morgan fingerprint density at radius 1 is 0.917 bits per heavy atom. The van der Waals surface area contributed by atoms with Gasteiger partial charge < -0.3 is 9.64 Å². The average molecular weight is 321 g/mol. The number of anilines is 1. The molecule has 2 aromatic rings. The molecule has 0 radical (unpaired) electrons. The number of hydrogen-bond donors (Lipinski definition) is 0. The molecule has 1 heterocycles. The van der Waals surface area contributed by atoms with Crippen molar-refractivity contribution in [3.8, 4) is 5.75 Å². The Bertz CT molecular complexity index is 753. The van der Waals surface area contributed by atoms with Crippen molar-refractivity contribution in [1.29, 1.82) is 0 Å². The lowest BCUT2D eigenvalue weighted by Gasteiger charge is -2.29. The first kappa shape index (κ1) is 15.3. The number of ether oxygens (including phenoxy) is 1. The minimum Gasteiger partial charge on any atom is -0.484 e. The molecule has 24 heavy (non-hydrogen) atoms. The number of rotatable bonds is 3. The van der Waals surface area contributed by atoms with Gasteiger partial charge in [0.15, 0.2) is 6.61 Å². The molecule has 0 spiro atoms. The van der Waals surface area contributed by atoms with Crippen molar-refractivity contribution in [2.45, 2.75) is 38.5 Å². The zero-order valence-corrected chi connectivity index (χ0v) is 14.0. The van der Waals surface area contributed by atoms with Gasteiger partial charge in [0, 0.05) is 12.2 Å². The van der Waals surface area contributed by atoms with Crippen LogP contribution in [0.3, 0.4) is 0 Å². The van der Waals surface area contributed by atoms with Crippen LogP contribution in [0.15, 0.2) is 42.5 Å². The second kappa shape index (κ2) is 6.68. The van der Waals surface area contributed by atoms with Crippen LogP contribution in [-0.2, 0) is 24.1 Å². The van der Waals surface area contributed by atoms with Crippen LogP contribution in [0.5, 0.6) is 5.75 Å². The second-order valence-electron chi connectivity index (χ2n) is 6.70. The predicted octanol–water partition coefficient (Wildman–Crippen LogP) is 3.92. The largest absolute Gasteiger partial charge is 0.484 e. The summed E-state index contributed by atoms with van der Waals surface area (Å²) in [6.45, 7) is 0.885. The summed E-state index contributed by atoms with van der Waals surface area (Å²) in [6.07, 6.45) is 6.88. The SMILES string of the molecule is O=C(COc1ccc2c(c1)CCCC2)N1CCCc2ccccc21. The summed E-state index contributed by atoms with van der Waals surface area (Å²) in [5.41, 5.74) is 5.12. The van der Waals surface area contributed by atoms with E-state index >= 15 is 0 Å². The summed E-state index contributed by atoms with van der Waals surface area (Å²) in [4.78, 5) is 14.5. The molecule has 0 atom stereocenters. The highest BCUT2D eigenvalue weighted by molar-refractivity contribution is 5.95. The molecular weight excluding hydrogens is 298 g/mol. The topological polar surface area (TPSA) is 29.5 Å². The molecule has 0 fully saturated rings. The Morgan fingerprint density at radius 2 is 1.71 bits per heavy atom. The lowest BCUT2D eigenvalue weighted by molar-refractivity contribution is -0.120. The second-order valence-corrected chi connectivity index (χ2v) is 6.70. The molecule has 0 unspecified atom stereocenters. The van der Waals surface area contributed by atoms with E-state index in [4.69, 9.17) is 4.74 Å². The van der Waals surface area contributed by atoms with Gasteiger partial charge in [0.25, 0.3) is 5.91 Å². The van der Waals surface area contributed by atoms with Crippen molar-refractivity contribution >= 4 is 11.6 Å². The molecule has 3 heteroatoms. The van der Waals surface area contributed by atoms with Crippen LogP contribution in [0.25, 0.3) is 0 Å². The van der Waals surface area contributed by atoms with Crippen LogP contribution in [0.2, 0.25) is 0 Å². The number of hydrogen-bond acceptors (Lipinski definition) is 2. The van der Waals surface area contributed by atoms with Crippen molar-refractivity contribution in [1.82, 2.24) is 0 Å². The Hall–Kier alpha value is -2.29. The Balaban J connectivity index is 1.44. The van der Waals surface area contributed by atoms with Gasteiger partial charge in [-0.3, -0.25) is 4.79 Å². The predicted molar refractivity (Wildman–Crippen MR) is 95.7 cm³/mol. The van der Waals surface area contributed by atoms with Gasteiger partial charge in [0.1, 0.15) is 5.75 Å². The van der Waals surface area contributed by atoms with Crippen LogP contribution in [0, 0.1) is 0 Å². The summed E-state index contributed by atoms with van der Waals surface area (Å²) in [6, 6.07) is 14.5. The Labute approximate surface area is 143 Å². The van der Waals surface area contributed by atoms with Crippen molar-refractivity contribution in [3.63, 3.8) is 0 Å². The summed E-state index contributed by atoms with van der Waals surface area (Å²) in [5.74, 6) is 0.856. The van der Waals surface area contributed by atoms with Gasteiger partial charge in [-0.05, 0) is 73.4 Å². The highest BCUT2D eigenvalue weighted by Gasteiger charge is 2.22. The molecule has 1 amide bonds. The van der Waals surface area contributed by atoms with Crippen LogP contribution in [0.4, 0.5) is 5.69 Å². The number of carbonyl (C=O) groups is 1. The van der Waals surface area contributed by atoms with Crippen LogP contribution in [0.1, 0.15) is 36.0 Å². The van der Waals surface area contributed by atoms with E-state index in [0.29, 0.717) is 0 Å². The molecule has 1 aliphatic heterocycles. The van der Waals surface area contributed by atoms with Crippen LogP contribution >= 0.6 is 0 Å². The number of para-hydroxylation sites is 1. The van der Waals surface area contributed by atoms with Crippen molar-refractivity contribution < 1.29 is 9.53 Å². The monoisotopic (exact) mass is 321 g/mol. The molecule has 3 nitrogen and oxygen atoms in total. The lowest BCUT2D eigenvalue weighted by atomic mass is 9.92. The van der Waals surface area contributed by atoms with Crippen LogP contribution < -0.4 is 9.64 Å². The van der Waals surface area contributed by atoms with Gasteiger partial charge in [-0.15, -0.1) is 0 Å². The zero-order chi connectivity index (χ0) is 16.4. The lowest BCUT2D eigenvalue weighted by Crippen LogP contribution is -2.38. The number of aryl methyl sites for hydroxylation is 3. The van der Waals surface area contributed by atoms with Crippen molar-refractivity contribution in [3.05, 3.63) is 59.2 Å². The molecule has 2 aliphatic rings. The van der Waals surface area contributed by atoms with E-state index in [1.165, 1.54) is 36.0 Å². The molecule has 4 rings (SSSR count). The number of nitrogens with zero attached hydrogens (tertiary/aromatic N) is 1. The van der Waals surface area contributed by atoms with E-state index in [2.05, 4.69) is 18.2 Å². The van der Waals surface area contributed by atoms with Gasteiger partial charge in [0.2, 0.25) is 0 Å². The number of fused-ring (bicyclic) bond motifs is 2.